The van der Waals surface area contributed by atoms with E-state index in [4.69, 9.17) is 5.73 Å². The molecule has 0 saturated heterocycles. The van der Waals surface area contributed by atoms with Crippen molar-refractivity contribution in [1.29, 1.82) is 0 Å². The summed E-state index contributed by atoms with van der Waals surface area (Å²) in [6.07, 6.45) is 0. The summed E-state index contributed by atoms with van der Waals surface area (Å²) < 4.78 is 0. The molecule has 0 bridgehead atoms. The number of carbonyl (C=O) groups excluding carboxylic acids is 1. The number of anilines is 1. The average Bonchev–Trinajstić information content (AvgIpc) is 2.40. The monoisotopic (exact) mass is 254 g/mol. The molecule has 0 fully saturated rings. The first-order valence-electron chi connectivity index (χ1n) is 6.23. The normalized spacial score (nSPS) is 10.2. The Bertz CT molecular complexity index is 576. The summed E-state index contributed by atoms with van der Waals surface area (Å²) in [5.74, 6) is 0.0283. The van der Waals surface area contributed by atoms with Crippen molar-refractivity contribution >= 4 is 11.6 Å². The highest BCUT2D eigenvalue weighted by molar-refractivity contribution is 5.94. The third kappa shape index (κ3) is 3.35. The van der Waals surface area contributed by atoms with E-state index in [9.17, 15) is 4.79 Å². The third-order valence-electron chi connectivity index (χ3n) is 3.01. The molecule has 0 radical (unpaired) electrons. The lowest BCUT2D eigenvalue weighted by atomic mass is 10.1. The first-order valence-corrected chi connectivity index (χ1v) is 6.23. The summed E-state index contributed by atoms with van der Waals surface area (Å²) in [5.41, 5.74) is 9.25. The number of carbonyl (C=O) groups is 1. The van der Waals surface area contributed by atoms with E-state index in [2.05, 4.69) is 0 Å². The number of rotatable bonds is 3. The molecule has 0 aromatic heterocycles. The van der Waals surface area contributed by atoms with Crippen LogP contribution in [-0.2, 0) is 6.54 Å². The minimum absolute atomic E-state index is 0.0283. The number of nitrogens with zero attached hydrogens (tertiary/aromatic N) is 1. The van der Waals surface area contributed by atoms with E-state index >= 15 is 0 Å². The fourth-order valence-corrected chi connectivity index (χ4v) is 1.97. The maximum absolute atomic E-state index is 12.3. The molecule has 0 heterocycles. The van der Waals surface area contributed by atoms with E-state index in [0.717, 1.165) is 22.4 Å². The topological polar surface area (TPSA) is 46.3 Å². The van der Waals surface area contributed by atoms with E-state index < -0.39 is 0 Å². The van der Waals surface area contributed by atoms with Crippen LogP contribution in [0.5, 0.6) is 0 Å². The lowest BCUT2D eigenvalue weighted by molar-refractivity contribution is 0.0785. The number of amides is 1. The SMILES string of the molecule is Cc1cccc(C(=O)N(C)Cc2ccc(N)cc2)c1. The fourth-order valence-electron chi connectivity index (χ4n) is 1.97. The smallest absolute Gasteiger partial charge is 0.253 e. The van der Waals surface area contributed by atoms with Crippen molar-refractivity contribution in [2.24, 2.45) is 0 Å². The number of aryl methyl sites for hydroxylation is 1. The van der Waals surface area contributed by atoms with E-state index in [-0.39, 0.29) is 5.91 Å². The van der Waals surface area contributed by atoms with Gasteiger partial charge in [-0.2, -0.15) is 0 Å². The van der Waals surface area contributed by atoms with Crippen molar-refractivity contribution in [1.82, 2.24) is 4.90 Å². The predicted octanol–water partition coefficient (Wildman–Crippen LogP) is 2.85. The van der Waals surface area contributed by atoms with Crippen molar-refractivity contribution in [3.63, 3.8) is 0 Å². The summed E-state index contributed by atoms with van der Waals surface area (Å²) in [6, 6.07) is 15.2. The lowest BCUT2D eigenvalue weighted by Crippen LogP contribution is -2.26. The highest BCUT2D eigenvalue weighted by Gasteiger charge is 2.11. The van der Waals surface area contributed by atoms with Gasteiger partial charge < -0.3 is 10.6 Å². The number of hydrogen-bond donors (Lipinski definition) is 1. The van der Waals surface area contributed by atoms with E-state index in [1.807, 2.05) is 55.5 Å². The van der Waals surface area contributed by atoms with Gasteiger partial charge in [-0.1, -0.05) is 29.8 Å². The maximum Gasteiger partial charge on any atom is 0.253 e. The average molecular weight is 254 g/mol. The van der Waals surface area contributed by atoms with Crippen LogP contribution in [-0.4, -0.2) is 17.9 Å². The highest BCUT2D eigenvalue weighted by atomic mass is 16.2. The van der Waals surface area contributed by atoms with Crippen molar-refractivity contribution in [2.75, 3.05) is 12.8 Å². The van der Waals surface area contributed by atoms with Crippen molar-refractivity contribution < 1.29 is 4.79 Å². The molecule has 19 heavy (non-hydrogen) atoms. The Morgan fingerprint density at radius 2 is 1.84 bits per heavy atom. The number of benzene rings is 2. The number of nitrogens with two attached hydrogens (primary N) is 1. The van der Waals surface area contributed by atoms with Gasteiger partial charge in [-0.25, -0.2) is 0 Å². The van der Waals surface area contributed by atoms with E-state index in [0.29, 0.717) is 6.54 Å². The Hall–Kier alpha value is -2.29. The number of hydrogen-bond acceptors (Lipinski definition) is 2. The number of nitrogen functional groups attached to an aromatic ring is 1. The Kier molecular flexibility index (Phi) is 3.85. The van der Waals surface area contributed by atoms with Gasteiger partial charge in [0.2, 0.25) is 0 Å². The van der Waals surface area contributed by atoms with Crippen LogP contribution in [0.3, 0.4) is 0 Å². The standard InChI is InChI=1S/C16H18N2O/c1-12-4-3-5-14(10-12)16(19)18(2)11-13-6-8-15(17)9-7-13/h3-10H,11,17H2,1-2H3. The largest absolute Gasteiger partial charge is 0.399 e. The van der Waals surface area contributed by atoms with Crippen LogP contribution >= 0.6 is 0 Å². The van der Waals surface area contributed by atoms with Crippen LogP contribution in [0.2, 0.25) is 0 Å². The predicted molar refractivity (Wildman–Crippen MR) is 77.8 cm³/mol. The molecule has 2 aromatic carbocycles. The van der Waals surface area contributed by atoms with Crippen LogP contribution in [0.1, 0.15) is 21.5 Å². The second-order valence-corrected chi connectivity index (χ2v) is 4.77. The molecule has 0 saturated carbocycles. The lowest BCUT2D eigenvalue weighted by Gasteiger charge is -2.17. The second-order valence-electron chi connectivity index (χ2n) is 4.77. The van der Waals surface area contributed by atoms with Gasteiger partial charge in [-0.05, 0) is 36.8 Å². The Morgan fingerprint density at radius 3 is 2.47 bits per heavy atom. The summed E-state index contributed by atoms with van der Waals surface area (Å²) in [5, 5.41) is 0. The molecule has 3 nitrogen and oxygen atoms in total. The first kappa shape index (κ1) is 13.1. The molecule has 0 atom stereocenters. The minimum atomic E-state index is 0.0283. The van der Waals surface area contributed by atoms with Gasteiger partial charge in [-0.3, -0.25) is 4.79 Å². The molecule has 0 aliphatic heterocycles. The quantitative estimate of drug-likeness (QED) is 0.856. The van der Waals surface area contributed by atoms with Crippen LogP contribution in [0.4, 0.5) is 5.69 Å². The molecule has 98 valence electrons. The molecular formula is C16H18N2O. The molecule has 0 unspecified atom stereocenters. The van der Waals surface area contributed by atoms with Crippen LogP contribution in [0, 0.1) is 6.92 Å². The Labute approximate surface area is 113 Å². The summed E-state index contributed by atoms with van der Waals surface area (Å²) in [6.45, 7) is 2.56. The van der Waals surface area contributed by atoms with E-state index in [1.165, 1.54) is 0 Å². The molecule has 2 N–H and O–H groups in total. The Balaban J connectivity index is 2.09. The van der Waals surface area contributed by atoms with Gasteiger partial charge in [0.15, 0.2) is 0 Å². The molecule has 2 aromatic rings. The molecule has 2 rings (SSSR count). The second kappa shape index (κ2) is 5.57. The van der Waals surface area contributed by atoms with Crippen LogP contribution in [0.25, 0.3) is 0 Å². The zero-order chi connectivity index (χ0) is 13.8. The van der Waals surface area contributed by atoms with Gasteiger partial charge in [0.05, 0.1) is 0 Å². The molecule has 3 heteroatoms. The fraction of sp³-hybridized carbons (Fsp3) is 0.188. The van der Waals surface area contributed by atoms with E-state index in [1.54, 1.807) is 11.9 Å². The van der Waals surface area contributed by atoms with Gasteiger partial charge >= 0.3 is 0 Å². The zero-order valence-corrected chi connectivity index (χ0v) is 11.3. The maximum atomic E-state index is 12.3. The minimum Gasteiger partial charge on any atom is -0.399 e. The van der Waals surface area contributed by atoms with Crippen LogP contribution < -0.4 is 5.73 Å². The van der Waals surface area contributed by atoms with Gasteiger partial charge in [-0.15, -0.1) is 0 Å². The summed E-state index contributed by atoms with van der Waals surface area (Å²) in [7, 11) is 1.81. The van der Waals surface area contributed by atoms with Crippen LogP contribution in [0.15, 0.2) is 48.5 Å². The Morgan fingerprint density at radius 1 is 1.16 bits per heavy atom. The first-order chi connectivity index (χ1) is 9.06. The van der Waals surface area contributed by atoms with Crippen molar-refractivity contribution in [2.45, 2.75) is 13.5 Å². The molecule has 0 aliphatic rings. The third-order valence-corrected chi connectivity index (χ3v) is 3.01. The summed E-state index contributed by atoms with van der Waals surface area (Å²) in [4.78, 5) is 14.0. The van der Waals surface area contributed by atoms with Crippen molar-refractivity contribution in [3.05, 3.63) is 65.2 Å². The molecule has 1 amide bonds. The highest BCUT2D eigenvalue weighted by Crippen LogP contribution is 2.11. The molecular weight excluding hydrogens is 236 g/mol. The summed E-state index contributed by atoms with van der Waals surface area (Å²) >= 11 is 0. The molecule has 0 aliphatic carbocycles. The zero-order valence-electron chi connectivity index (χ0n) is 11.3. The van der Waals surface area contributed by atoms with Gasteiger partial charge in [0, 0.05) is 24.8 Å². The van der Waals surface area contributed by atoms with Gasteiger partial charge in [0.25, 0.3) is 5.91 Å². The molecule has 0 spiro atoms. The van der Waals surface area contributed by atoms with Gasteiger partial charge in [0.1, 0.15) is 0 Å². The van der Waals surface area contributed by atoms with Crippen molar-refractivity contribution in [3.8, 4) is 0 Å².